The minimum absolute atomic E-state index is 0.236. The number of aliphatic hydroxyl groups is 2. The van der Waals surface area contributed by atoms with Crippen LogP contribution in [-0.2, 0) is 0 Å². The normalized spacial score (nSPS) is 13.0. The number of carbonyl (C=O) groups is 1. The maximum absolute atomic E-state index is 12.4. The molecule has 136 valence electrons. The molecule has 1 rings (SSSR count). The van der Waals surface area contributed by atoms with Crippen molar-refractivity contribution in [1.29, 1.82) is 0 Å². The SMILES string of the molecule is CC(C)c1cccc(NC(=O)N(CCC(F)(F)F)C[C@H](O)CO)c1. The number of aliphatic hydroxyl groups excluding tert-OH is 2. The molecule has 1 aromatic rings. The summed E-state index contributed by atoms with van der Waals surface area (Å²) in [5.41, 5.74) is 1.44. The fraction of sp³-hybridized carbons (Fsp3) is 0.562. The molecular weight excluding hydrogens is 325 g/mol. The molecule has 0 unspecified atom stereocenters. The van der Waals surface area contributed by atoms with Crippen LogP contribution in [0.4, 0.5) is 23.7 Å². The first-order valence-electron chi connectivity index (χ1n) is 7.64. The Labute approximate surface area is 139 Å². The standard InChI is InChI=1S/C16H23F3N2O3/c1-11(2)12-4-3-5-13(8-12)20-15(24)21(9-14(23)10-22)7-6-16(17,18)19/h3-5,8,11,14,22-23H,6-7,9-10H2,1-2H3,(H,20,24)/t14-/m0/s1. The summed E-state index contributed by atoms with van der Waals surface area (Å²) in [6.45, 7) is 2.33. The van der Waals surface area contributed by atoms with E-state index in [-0.39, 0.29) is 12.5 Å². The van der Waals surface area contributed by atoms with Gasteiger partial charge in [0.05, 0.1) is 25.7 Å². The monoisotopic (exact) mass is 348 g/mol. The average molecular weight is 348 g/mol. The van der Waals surface area contributed by atoms with Crippen LogP contribution in [0.25, 0.3) is 0 Å². The van der Waals surface area contributed by atoms with Gasteiger partial charge in [-0.15, -0.1) is 0 Å². The zero-order valence-corrected chi connectivity index (χ0v) is 13.7. The number of carbonyl (C=O) groups excluding carboxylic acids is 1. The van der Waals surface area contributed by atoms with Crippen LogP contribution in [0.2, 0.25) is 0 Å². The first-order chi connectivity index (χ1) is 11.1. The first-order valence-corrected chi connectivity index (χ1v) is 7.64. The van der Waals surface area contributed by atoms with Gasteiger partial charge in [0.1, 0.15) is 0 Å². The van der Waals surface area contributed by atoms with E-state index in [9.17, 15) is 23.1 Å². The van der Waals surface area contributed by atoms with E-state index in [0.717, 1.165) is 10.5 Å². The molecule has 0 spiro atoms. The minimum atomic E-state index is -4.42. The number of hydrogen-bond acceptors (Lipinski definition) is 3. The number of amides is 2. The maximum atomic E-state index is 12.4. The Hall–Kier alpha value is -1.80. The summed E-state index contributed by atoms with van der Waals surface area (Å²) in [5.74, 6) is 0.236. The highest BCUT2D eigenvalue weighted by Gasteiger charge is 2.29. The molecule has 5 nitrogen and oxygen atoms in total. The van der Waals surface area contributed by atoms with Crippen LogP contribution in [0.3, 0.4) is 0 Å². The molecule has 0 bridgehead atoms. The number of nitrogens with one attached hydrogen (secondary N) is 1. The lowest BCUT2D eigenvalue weighted by atomic mass is 10.0. The van der Waals surface area contributed by atoms with Crippen molar-refractivity contribution in [2.45, 2.75) is 38.5 Å². The molecule has 2 amide bonds. The van der Waals surface area contributed by atoms with E-state index >= 15 is 0 Å². The molecule has 0 heterocycles. The van der Waals surface area contributed by atoms with Gasteiger partial charge in [0.2, 0.25) is 0 Å². The van der Waals surface area contributed by atoms with E-state index in [1.807, 2.05) is 19.9 Å². The fourth-order valence-corrected chi connectivity index (χ4v) is 2.03. The molecule has 0 saturated heterocycles. The number of alkyl halides is 3. The first kappa shape index (κ1) is 20.2. The summed E-state index contributed by atoms with van der Waals surface area (Å²) in [4.78, 5) is 13.1. The molecule has 0 radical (unpaired) electrons. The number of halogens is 3. The van der Waals surface area contributed by atoms with Crippen molar-refractivity contribution in [1.82, 2.24) is 4.90 Å². The highest BCUT2D eigenvalue weighted by molar-refractivity contribution is 5.89. The number of urea groups is 1. The topological polar surface area (TPSA) is 72.8 Å². The van der Waals surface area contributed by atoms with Crippen molar-refractivity contribution < 1.29 is 28.2 Å². The highest BCUT2D eigenvalue weighted by atomic mass is 19.4. The molecule has 0 aliphatic carbocycles. The Morgan fingerprint density at radius 1 is 1.33 bits per heavy atom. The van der Waals surface area contributed by atoms with Crippen molar-refractivity contribution >= 4 is 11.7 Å². The van der Waals surface area contributed by atoms with Crippen LogP contribution in [0.15, 0.2) is 24.3 Å². The number of anilines is 1. The summed E-state index contributed by atoms with van der Waals surface area (Å²) in [5, 5.41) is 20.8. The second kappa shape index (κ2) is 8.89. The van der Waals surface area contributed by atoms with Crippen molar-refractivity contribution in [3.63, 3.8) is 0 Å². The fourth-order valence-electron chi connectivity index (χ4n) is 2.03. The highest BCUT2D eigenvalue weighted by Crippen LogP contribution is 2.21. The van der Waals surface area contributed by atoms with Crippen molar-refractivity contribution in [2.75, 3.05) is 25.0 Å². The zero-order chi connectivity index (χ0) is 18.3. The molecule has 24 heavy (non-hydrogen) atoms. The van der Waals surface area contributed by atoms with Gasteiger partial charge in [0.25, 0.3) is 0 Å². The van der Waals surface area contributed by atoms with Crippen LogP contribution in [-0.4, -0.2) is 53.1 Å². The van der Waals surface area contributed by atoms with E-state index in [4.69, 9.17) is 5.11 Å². The van der Waals surface area contributed by atoms with Gasteiger partial charge in [0.15, 0.2) is 0 Å². The van der Waals surface area contributed by atoms with Crippen molar-refractivity contribution in [2.24, 2.45) is 0 Å². The zero-order valence-electron chi connectivity index (χ0n) is 13.7. The van der Waals surface area contributed by atoms with Gasteiger partial charge in [-0.2, -0.15) is 13.2 Å². The lowest BCUT2D eigenvalue weighted by molar-refractivity contribution is -0.137. The maximum Gasteiger partial charge on any atom is 0.390 e. The molecule has 3 N–H and O–H groups in total. The Balaban J connectivity index is 2.80. The number of benzene rings is 1. The van der Waals surface area contributed by atoms with Crippen molar-refractivity contribution in [3.8, 4) is 0 Å². The third kappa shape index (κ3) is 7.18. The van der Waals surface area contributed by atoms with Crippen LogP contribution in [0.1, 0.15) is 31.7 Å². The predicted octanol–water partition coefficient (Wildman–Crippen LogP) is 2.95. The van der Waals surface area contributed by atoms with E-state index in [2.05, 4.69) is 5.32 Å². The lowest BCUT2D eigenvalue weighted by Crippen LogP contribution is -2.43. The smallest absolute Gasteiger partial charge is 0.390 e. The summed E-state index contributed by atoms with van der Waals surface area (Å²) in [6, 6.07) is 6.25. The molecule has 0 aromatic heterocycles. The van der Waals surface area contributed by atoms with Gasteiger partial charge in [0, 0.05) is 12.2 Å². The second-order valence-corrected chi connectivity index (χ2v) is 5.86. The molecule has 8 heteroatoms. The third-order valence-corrected chi connectivity index (χ3v) is 3.40. The van der Waals surface area contributed by atoms with Crippen LogP contribution in [0.5, 0.6) is 0 Å². The van der Waals surface area contributed by atoms with Gasteiger partial charge >= 0.3 is 12.2 Å². The third-order valence-electron chi connectivity index (χ3n) is 3.40. The van der Waals surface area contributed by atoms with Crippen LogP contribution < -0.4 is 5.32 Å². The Bertz CT molecular complexity index is 536. The van der Waals surface area contributed by atoms with Crippen LogP contribution >= 0.6 is 0 Å². The van der Waals surface area contributed by atoms with Gasteiger partial charge in [-0.3, -0.25) is 0 Å². The molecule has 1 atom stereocenters. The van der Waals surface area contributed by atoms with Crippen LogP contribution in [0, 0.1) is 0 Å². The second-order valence-electron chi connectivity index (χ2n) is 5.86. The summed E-state index contributed by atoms with van der Waals surface area (Å²) in [7, 11) is 0. The Kier molecular flexibility index (Phi) is 7.50. The van der Waals surface area contributed by atoms with E-state index in [1.54, 1.807) is 18.2 Å². The number of rotatable bonds is 7. The summed E-state index contributed by atoms with van der Waals surface area (Å²) in [6.07, 6.45) is -6.91. The largest absolute Gasteiger partial charge is 0.394 e. The van der Waals surface area contributed by atoms with Gasteiger partial charge in [-0.05, 0) is 23.6 Å². The molecule has 0 aliphatic heterocycles. The Morgan fingerprint density at radius 3 is 2.54 bits per heavy atom. The minimum Gasteiger partial charge on any atom is -0.394 e. The Morgan fingerprint density at radius 2 is 2.00 bits per heavy atom. The number of nitrogens with zero attached hydrogens (tertiary/aromatic N) is 1. The van der Waals surface area contributed by atoms with E-state index in [1.165, 1.54) is 0 Å². The lowest BCUT2D eigenvalue weighted by Gasteiger charge is -2.25. The van der Waals surface area contributed by atoms with Gasteiger partial charge < -0.3 is 20.4 Å². The number of hydrogen-bond donors (Lipinski definition) is 3. The van der Waals surface area contributed by atoms with Crippen molar-refractivity contribution in [3.05, 3.63) is 29.8 Å². The molecule has 0 saturated carbocycles. The molecule has 0 aliphatic rings. The average Bonchev–Trinajstić information content (AvgIpc) is 2.50. The molecular formula is C16H23F3N2O3. The summed E-state index contributed by atoms with van der Waals surface area (Å²) >= 11 is 0. The quantitative estimate of drug-likeness (QED) is 0.709. The van der Waals surface area contributed by atoms with E-state index in [0.29, 0.717) is 5.69 Å². The molecule has 1 aromatic carbocycles. The van der Waals surface area contributed by atoms with Gasteiger partial charge in [-0.25, -0.2) is 4.79 Å². The predicted molar refractivity (Wildman–Crippen MR) is 84.9 cm³/mol. The summed E-state index contributed by atoms with van der Waals surface area (Å²) < 4.78 is 37.2. The van der Waals surface area contributed by atoms with Gasteiger partial charge in [-0.1, -0.05) is 26.0 Å². The van der Waals surface area contributed by atoms with E-state index < -0.39 is 37.9 Å². The molecule has 0 fully saturated rings.